The fraction of sp³-hybridized carbons (Fsp3) is 0.615. The number of aliphatic hydroxyl groups is 1. The number of hydrogen-bond acceptors (Lipinski definition) is 10. The van der Waals surface area contributed by atoms with Crippen LogP contribution in [0.5, 0.6) is 0 Å². The average Bonchev–Trinajstić information content (AvgIpc) is 3.48. The molecule has 2 aromatic heterocycles. The molecule has 2 saturated heterocycles. The number of ether oxygens (including phenoxy) is 2. The Balaban J connectivity index is 1.35. The molecule has 0 aromatic carbocycles. The Labute approximate surface area is 212 Å². The Bertz CT molecular complexity index is 1120. The molecule has 0 bridgehead atoms. The first-order valence-electron chi connectivity index (χ1n) is 12.7. The van der Waals surface area contributed by atoms with Gasteiger partial charge in [0.2, 0.25) is 0 Å². The van der Waals surface area contributed by atoms with Crippen LogP contribution in [0.25, 0.3) is 0 Å². The minimum Gasteiger partial charge on any atom is -0.391 e. The number of methoxy groups -OCH3 is 1. The van der Waals surface area contributed by atoms with Crippen molar-refractivity contribution < 1.29 is 14.6 Å². The van der Waals surface area contributed by atoms with E-state index in [0.717, 1.165) is 35.2 Å². The van der Waals surface area contributed by atoms with Gasteiger partial charge < -0.3 is 19.5 Å². The number of aliphatic hydroxyl groups excluding tert-OH is 1. The van der Waals surface area contributed by atoms with Crippen LogP contribution in [0.2, 0.25) is 0 Å². The van der Waals surface area contributed by atoms with Gasteiger partial charge in [-0.25, -0.2) is 10.4 Å². The number of aromatic nitrogens is 3. The molecule has 3 fully saturated rings. The number of nitriles is 1. The topological polar surface area (TPSA) is 128 Å². The number of nitrogens with zero attached hydrogens (tertiary/aromatic N) is 5. The van der Waals surface area contributed by atoms with Crippen LogP contribution in [0.1, 0.15) is 66.3 Å². The number of pyridine rings is 1. The third kappa shape index (κ3) is 4.69. The molecule has 10 nitrogen and oxygen atoms in total. The zero-order valence-electron chi connectivity index (χ0n) is 21.3. The summed E-state index contributed by atoms with van der Waals surface area (Å²) in [5.41, 5.74) is 11.4. The molecule has 3 aliphatic rings. The first kappa shape index (κ1) is 25.0. The highest BCUT2D eigenvalue weighted by atomic mass is 16.5. The van der Waals surface area contributed by atoms with Crippen molar-refractivity contribution in [1.29, 1.82) is 5.26 Å². The minimum atomic E-state index is -0.370. The van der Waals surface area contributed by atoms with Crippen LogP contribution in [0.15, 0.2) is 18.5 Å². The number of fused-ring (bicyclic) bond motifs is 1. The van der Waals surface area contributed by atoms with Crippen molar-refractivity contribution in [2.75, 3.05) is 25.1 Å². The second-order valence-electron chi connectivity index (χ2n) is 10.3. The summed E-state index contributed by atoms with van der Waals surface area (Å²) in [4.78, 5) is 6.65. The second kappa shape index (κ2) is 10.4. The van der Waals surface area contributed by atoms with Crippen molar-refractivity contribution in [3.05, 3.63) is 46.4 Å². The quantitative estimate of drug-likeness (QED) is 0.550. The molecule has 5 unspecified atom stereocenters. The van der Waals surface area contributed by atoms with Gasteiger partial charge in [-0.1, -0.05) is 0 Å². The van der Waals surface area contributed by atoms with Crippen molar-refractivity contribution in [2.24, 2.45) is 5.92 Å². The van der Waals surface area contributed by atoms with E-state index in [1.807, 2.05) is 31.0 Å². The van der Waals surface area contributed by atoms with E-state index in [1.54, 1.807) is 13.3 Å². The number of hydrogen-bond donors (Lipinski definition) is 3. The Hall–Kier alpha value is -2.68. The highest BCUT2D eigenvalue weighted by Gasteiger charge is 2.46. The first-order chi connectivity index (χ1) is 17.4. The summed E-state index contributed by atoms with van der Waals surface area (Å²) < 4.78 is 12.5. The summed E-state index contributed by atoms with van der Waals surface area (Å²) in [6.07, 6.45) is 5.33. The van der Waals surface area contributed by atoms with Gasteiger partial charge in [0.25, 0.3) is 0 Å². The third-order valence-electron chi connectivity index (χ3n) is 7.97. The maximum absolute atomic E-state index is 9.91. The van der Waals surface area contributed by atoms with Gasteiger partial charge >= 0.3 is 0 Å². The number of hydrazine groups is 1. The zero-order chi connectivity index (χ0) is 25.4. The summed E-state index contributed by atoms with van der Waals surface area (Å²) in [5, 5.41) is 28.0. The molecule has 7 atom stereocenters. The van der Waals surface area contributed by atoms with Crippen LogP contribution in [-0.4, -0.2) is 64.8 Å². The molecule has 10 heteroatoms. The molecule has 0 spiro atoms. The van der Waals surface area contributed by atoms with E-state index in [4.69, 9.17) is 9.47 Å². The van der Waals surface area contributed by atoms with Gasteiger partial charge in [0.15, 0.2) is 0 Å². The van der Waals surface area contributed by atoms with Crippen molar-refractivity contribution >= 4 is 5.82 Å². The van der Waals surface area contributed by atoms with Crippen molar-refractivity contribution in [2.45, 2.75) is 76.5 Å². The summed E-state index contributed by atoms with van der Waals surface area (Å²) in [5.74, 6) is 0.897. The van der Waals surface area contributed by atoms with Crippen LogP contribution < -0.4 is 15.8 Å². The van der Waals surface area contributed by atoms with Crippen molar-refractivity contribution in [3.63, 3.8) is 0 Å². The molecule has 2 aliphatic heterocycles. The first-order valence-corrected chi connectivity index (χ1v) is 12.7. The highest BCUT2D eigenvalue weighted by Crippen LogP contribution is 2.42. The van der Waals surface area contributed by atoms with Gasteiger partial charge in [0, 0.05) is 38.0 Å². The lowest BCUT2D eigenvalue weighted by molar-refractivity contribution is -0.117. The molecule has 4 heterocycles. The van der Waals surface area contributed by atoms with Crippen LogP contribution in [0, 0.1) is 31.1 Å². The van der Waals surface area contributed by atoms with E-state index in [9.17, 15) is 10.4 Å². The van der Waals surface area contributed by atoms with Crippen LogP contribution in [-0.2, 0) is 9.47 Å². The van der Waals surface area contributed by atoms with E-state index in [0.29, 0.717) is 30.9 Å². The lowest BCUT2D eigenvalue weighted by Crippen LogP contribution is -2.47. The number of β-amino-alcohol motifs (C(OH)–C–C–N with tert-alkyl or cyclic N) is 1. The van der Waals surface area contributed by atoms with E-state index in [2.05, 4.69) is 39.0 Å². The van der Waals surface area contributed by atoms with Crippen LogP contribution in [0.4, 0.5) is 5.82 Å². The zero-order valence-corrected chi connectivity index (χ0v) is 21.3. The molecule has 36 heavy (non-hydrogen) atoms. The molecular formula is C26H35N7O3. The Morgan fingerprint density at radius 2 is 2.06 bits per heavy atom. The number of nitrogens with one attached hydrogen (secondary N) is 2. The normalized spacial score (nSPS) is 30.7. The number of anilines is 1. The van der Waals surface area contributed by atoms with Crippen molar-refractivity contribution in [1.82, 2.24) is 26.0 Å². The predicted octanol–water partition coefficient (Wildman–Crippen LogP) is 2.02. The maximum atomic E-state index is 9.91. The Morgan fingerprint density at radius 3 is 2.75 bits per heavy atom. The van der Waals surface area contributed by atoms with Gasteiger partial charge in [-0.3, -0.25) is 5.43 Å². The van der Waals surface area contributed by atoms with E-state index in [1.165, 1.54) is 0 Å². The summed E-state index contributed by atoms with van der Waals surface area (Å²) in [6, 6.07) is 4.47. The van der Waals surface area contributed by atoms with E-state index < -0.39 is 0 Å². The Kier molecular flexibility index (Phi) is 7.19. The number of rotatable bonds is 6. The summed E-state index contributed by atoms with van der Waals surface area (Å²) in [7, 11) is 1.74. The molecule has 2 aromatic rings. The molecule has 5 rings (SSSR count). The number of aryl methyl sites for hydroxylation is 2. The summed E-state index contributed by atoms with van der Waals surface area (Å²) in [6.45, 7) is 7.28. The monoisotopic (exact) mass is 493 g/mol. The molecule has 1 saturated carbocycles. The lowest BCUT2D eigenvalue weighted by Gasteiger charge is -2.39. The van der Waals surface area contributed by atoms with Gasteiger partial charge in [-0.15, -0.1) is 0 Å². The second-order valence-corrected chi connectivity index (χ2v) is 10.3. The molecule has 192 valence electrons. The van der Waals surface area contributed by atoms with Gasteiger partial charge in [0.1, 0.15) is 11.9 Å². The Morgan fingerprint density at radius 1 is 1.22 bits per heavy atom. The third-order valence-corrected chi connectivity index (χ3v) is 7.97. The molecule has 0 amide bonds. The predicted molar refractivity (Wildman–Crippen MR) is 133 cm³/mol. The summed E-state index contributed by atoms with van der Waals surface area (Å²) >= 11 is 0. The fourth-order valence-electron chi connectivity index (χ4n) is 6.19. The van der Waals surface area contributed by atoms with E-state index in [-0.39, 0.29) is 42.4 Å². The smallest absolute Gasteiger partial charge is 0.146 e. The lowest BCUT2D eigenvalue weighted by atomic mass is 9.77. The molecule has 1 aliphatic carbocycles. The highest BCUT2D eigenvalue weighted by molar-refractivity contribution is 5.56. The standard InChI is InChI=1S/C26H35N7O3/c1-14-11-29-30-15(2)24(14)16(3)36-23-8-20-21(9-22(23)35-4)31-32-25(20)18-7-17(10-27)26(28-12-18)33-6-5-19(34)13-33/h7,11-12,16,19-23,25,31-32,34H,5-6,8-9,13H2,1-4H3/t16-,19-,20?,21?,22?,23?,25?/m1/s1. The fourth-order valence-corrected chi connectivity index (χ4v) is 6.19. The molecule has 0 radical (unpaired) electrons. The average molecular weight is 494 g/mol. The van der Waals surface area contributed by atoms with Crippen LogP contribution >= 0.6 is 0 Å². The molecular weight excluding hydrogens is 458 g/mol. The van der Waals surface area contributed by atoms with Crippen LogP contribution in [0.3, 0.4) is 0 Å². The largest absolute Gasteiger partial charge is 0.391 e. The van der Waals surface area contributed by atoms with Gasteiger partial charge in [-0.2, -0.15) is 15.5 Å². The van der Waals surface area contributed by atoms with Gasteiger partial charge in [-0.05, 0) is 63.1 Å². The van der Waals surface area contributed by atoms with E-state index >= 15 is 0 Å². The molecule has 3 N–H and O–H groups in total. The minimum absolute atomic E-state index is 0.00176. The SMILES string of the molecule is COC1CC2NNC(c3cnc(N4CC[C@@H](O)C4)c(C#N)c3)C2CC1O[C@H](C)c1c(C)cnnc1C. The van der Waals surface area contributed by atoms with Crippen molar-refractivity contribution in [3.8, 4) is 6.07 Å². The van der Waals surface area contributed by atoms with Gasteiger partial charge in [0.05, 0.1) is 47.9 Å². The maximum Gasteiger partial charge on any atom is 0.146 e.